The Morgan fingerprint density at radius 2 is 2.00 bits per heavy atom. The van der Waals surface area contributed by atoms with Crippen LogP contribution in [0.5, 0.6) is 0 Å². The standard InChI is InChI=1S/C15H18Cl3N3/c1-4-21-14(15(18)9(2)20-21)8-13(19-3)11-6-5-10(16)7-12(11)17/h5-7,13,19H,4,8H2,1-3H3. The van der Waals surface area contributed by atoms with Gasteiger partial charge in [-0.25, -0.2) is 0 Å². The Bertz CT molecular complexity index is 637. The van der Waals surface area contributed by atoms with Crippen LogP contribution in [0, 0.1) is 6.92 Å². The van der Waals surface area contributed by atoms with Crippen LogP contribution in [0.25, 0.3) is 0 Å². The van der Waals surface area contributed by atoms with E-state index in [2.05, 4.69) is 17.3 Å². The zero-order chi connectivity index (χ0) is 15.6. The third-order valence-corrected chi connectivity index (χ3v) is 4.59. The number of hydrogen-bond acceptors (Lipinski definition) is 2. The average molecular weight is 347 g/mol. The number of likely N-dealkylation sites (N-methyl/N-ethyl adjacent to an activating group) is 1. The zero-order valence-corrected chi connectivity index (χ0v) is 14.5. The number of benzene rings is 1. The molecule has 1 unspecified atom stereocenters. The van der Waals surface area contributed by atoms with Crippen molar-refractivity contribution in [1.29, 1.82) is 0 Å². The SMILES string of the molecule is CCn1nc(C)c(Cl)c1CC(NC)c1ccc(Cl)cc1Cl. The lowest BCUT2D eigenvalue weighted by Gasteiger charge is -2.19. The molecule has 0 aliphatic rings. The van der Waals surface area contributed by atoms with Gasteiger partial charge in [0, 0.05) is 29.1 Å². The Morgan fingerprint density at radius 3 is 2.57 bits per heavy atom. The van der Waals surface area contributed by atoms with Crippen LogP contribution in [0.15, 0.2) is 18.2 Å². The predicted molar refractivity (Wildman–Crippen MR) is 89.6 cm³/mol. The first-order valence-electron chi connectivity index (χ1n) is 6.81. The molecule has 21 heavy (non-hydrogen) atoms. The highest BCUT2D eigenvalue weighted by Crippen LogP contribution is 2.31. The van der Waals surface area contributed by atoms with Gasteiger partial charge in [-0.1, -0.05) is 40.9 Å². The number of nitrogens with one attached hydrogen (secondary N) is 1. The average Bonchev–Trinajstić information content (AvgIpc) is 2.72. The van der Waals surface area contributed by atoms with Crippen molar-refractivity contribution in [1.82, 2.24) is 15.1 Å². The van der Waals surface area contributed by atoms with Crippen molar-refractivity contribution >= 4 is 34.8 Å². The molecule has 1 aromatic heterocycles. The van der Waals surface area contributed by atoms with Crippen LogP contribution in [0.3, 0.4) is 0 Å². The maximum atomic E-state index is 6.38. The van der Waals surface area contributed by atoms with E-state index >= 15 is 0 Å². The van der Waals surface area contributed by atoms with Crippen LogP contribution in [-0.2, 0) is 13.0 Å². The molecule has 0 saturated heterocycles. The van der Waals surface area contributed by atoms with E-state index in [4.69, 9.17) is 34.8 Å². The second-order valence-corrected chi connectivity index (χ2v) is 6.09. The summed E-state index contributed by atoms with van der Waals surface area (Å²) in [5, 5.41) is 9.74. The maximum absolute atomic E-state index is 6.38. The molecular weight excluding hydrogens is 329 g/mol. The number of aryl methyl sites for hydroxylation is 2. The summed E-state index contributed by atoms with van der Waals surface area (Å²) in [7, 11) is 1.91. The summed E-state index contributed by atoms with van der Waals surface area (Å²) in [6, 6.07) is 5.59. The van der Waals surface area contributed by atoms with Crippen LogP contribution in [0.4, 0.5) is 0 Å². The second kappa shape index (κ2) is 7.01. The van der Waals surface area contributed by atoms with E-state index in [9.17, 15) is 0 Å². The van der Waals surface area contributed by atoms with Gasteiger partial charge in [-0.15, -0.1) is 0 Å². The molecule has 0 spiro atoms. The van der Waals surface area contributed by atoms with Gasteiger partial charge in [-0.05, 0) is 38.6 Å². The smallest absolute Gasteiger partial charge is 0.0847 e. The van der Waals surface area contributed by atoms with E-state index in [1.165, 1.54) is 0 Å². The minimum atomic E-state index is 0.0497. The van der Waals surface area contributed by atoms with E-state index < -0.39 is 0 Å². The molecule has 6 heteroatoms. The molecule has 114 valence electrons. The van der Waals surface area contributed by atoms with Gasteiger partial charge in [0.05, 0.1) is 16.4 Å². The van der Waals surface area contributed by atoms with Crippen LogP contribution in [-0.4, -0.2) is 16.8 Å². The summed E-state index contributed by atoms with van der Waals surface area (Å²) in [5.41, 5.74) is 2.87. The molecule has 1 heterocycles. The zero-order valence-electron chi connectivity index (χ0n) is 12.3. The molecule has 1 N–H and O–H groups in total. The van der Waals surface area contributed by atoms with Crippen LogP contribution in [0.2, 0.25) is 15.1 Å². The van der Waals surface area contributed by atoms with Crippen molar-refractivity contribution in [2.24, 2.45) is 0 Å². The van der Waals surface area contributed by atoms with Gasteiger partial charge in [0.2, 0.25) is 0 Å². The molecule has 0 aliphatic heterocycles. The fourth-order valence-electron chi connectivity index (χ4n) is 2.41. The summed E-state index contributed by atoms with van der Waals surface area (Å²) in [5.74, 6) is 0. The van der Waals surface area contributed by atoms with E-state index in [-0.39, 0.29) is 6.04 Å². The van der Waals surface area contributed by atoms with Crippen molar-refractivity contribution in [3.8, 4) is 0 Å². The van der Waals surface area contributed by atoms with Gasteiger partial charge in [-0.2, -0.15) is 5.10 Å². The highest BCUT2D eigenvalue weighted by Gasteiger charge is 2.20. The van der Waals surface area contributed by atoms with Crippen molar-refractivity contribution in [2.45, 2.75) is 32.9 Å². The first kappa shape index (κ1) is 16.6. The van der Waals surface area contributed by atoms with Gasteiger partial charge < -0.3 is 5.32 Å². The number of rotatable bonds is 5. The Labute approximate surface area is 140 Å². The minimum absolute atomic E-state index is 0.0497. The molecule has 1 atom stereocenters. The van der Waals surface area contributed by atoms with Gasteiger partial charge >= 0.3 is 0 Å². The number of nitrogens with zero attached hydrogens (tertiary/aromatic N) is 2. The van der Waals surface area contributed by atoms with Crippen molar-refractivity contribution in [2.75, 3.05) is 7.05 Å². The lowest BCUT2D eigenvalue weighted by Crippen LogP contribution is -2.21. The van der Waals surface area contributed by atoms with Crippen LogP contribution in [0.1, 0.15) is 29.9 Å². The van der Waals surface area contributed by atoms with Crippen molar-refractivity contribution < 1.29 is 0 Å². The van der Waals surface area contributed by atoms with Crippen molar-refractivity contribution in [3.05, 3.63) is 50.2 Å². The van der Waals surface area contributed by atoms with Gasteiger partial charge in [0.15, 0.2) is 0 Å². The number of hydrogen-bond donors (Lipinski definition) is 1. The summed E-state index contributed by atoms with van der Waals surface area (Å²) >= 11 is 18.7. The lowest BCUT2D eigenvalue weighted by molar-refractivity contribution is 0.541. The Morgan fingerprint density at radius 1 is 1.29 bits per heavy atom. The molecule has 0 aliphatic carbocycles. The predicted octanol–water partition coefficient (Wildman–Crippen LogP) is 4.67. The number of halogens is 3. The van der Waals surface area contributed by atoms with Gasteiger partial charge in [0.25, 0.3) is 0 Å². The summed E-state index contributed by atoms with van der Waals surface area (Å²) in [4.78, 5) is 0. The minimum Gasteiger partial charge on any atom is -0.313 e. The normalized spacial score (nSPS) is 12.7. The van der Waals surface area contributed by atoms with Crippen molar-refractivity contribution in [3.63, 3.8) is 0 Å². The molecule has 0 radical (unpaired) electrons. The third-order valence-electron chi connectivity index (χ3n) is 3.54. The molecular formula is C15H18Cl3N3. The second-order valence-electron chi connectivity index (χ2n) is 4.87. The van der Waals surface area contributed by atoms with Gasteiger partial charge in [0.1, 0.15) is 0 Å². The topological polar surface area (TPSA) is 29.9 Å². The molecule has 0 fully saturated rings. The summed E-state index contributed by atoms with van der Waals surface area (Å²) < 4.78 is 1.94. The molecule has 0 saturated carbocycles. The van der Waals surface area contributed by atoms with Crippen LogP contribution < -0.4 is 5.32 Å². The fraction of sp³-hybridized carbons (Fsp3) is 0.400. The third kappa shape index (κ3) is 3.54. The Hall–Kier alpha value is -0.740. The van der Waals surface area contributed by atoms with E-state index in [0.717, 1.165) is 28.5 Å². The first-order chi connectivity index (χ1) is 9.97. The molecule has 2 aromatic rings. The largest absolute Gasteiger partial charge is 0.313 e. The molecule has 3 nitrogen and oxygen atoms in total. The highest BCUT2D eigenvalue weighted by atomic mass is 35.5. The summed E-state index contributed by atoms with van der Waals surface area (Å²) in [6.45, 7) is 4.76. The maximum Gasteiger partial charge on any atom is 0.0847 e. The molecule has 2 rings (SSSR count). The Kier molecular flexibility index (Phi) is 5.55. The molecule has 0 amide bonds. The van der Waals surface area contributed by atoms with E-state index in [0.29, 0.717) is 16.5 Å². The van der Waals surface area contributed by atoms with E-state index in [1.807, 2.05) is 30.8 Å². The molecule has 0 bridgehead atoms. The fourth-order valence-corrected chi connectivity index (χ4v) is 3.16. The van der Waals surface area contributed by atoms with Gasteiger partial charge in [-0.3, -0.25) is 4.68 Å². The number of aromatic nitrogens is 2. The Balaban J connectivity index is 2.35. The quantitative estimate of drug-likeness (QED) is 0.852. The van der Waals surface area contributed by atoms with E-state index in [1.54, 1.807) is 6.07 Å². The monoisotopic (exact) mass is 345 g/mol. The van der Waals surface area contributed by atoms with Crippen LogP contribution >= 0.6 is 34.8 Å². The lowest BCUT2D eigenvalue weighted by atomic mass is 10.0. The summed E-state index contributed by atoms with van der Waals surface area (Å²) in [6.07, 6.45) is 0.714. The highest BCUT2D eigenvalue weighted by molar-refractivity contribution is 6.35. The first-order valence-corrected chi connectivity index (χ1v) is 7.95. The molecule has 1 aromatic carbocycles.